The summed E-state index contributed by atoms with van der Waals surface area (Å²) in [6, 6.07) is 7.40. The molecule has 2 N–H and O–H groups in total. The molecule has 0 fully saturated rings. The molecule has 1 unspecified atom stereocenters. The van der Waals surface area contributed by atoms with E-state index in [1.807, 2.05) is 0 Å². The van der Waals surface area contributed by atoms with Gasteiger partial charge in [-0.2, -0.15) is 13.2 Å². The van der Waals surface area contributed by atoms with Crippen LogP contribution in [0.1, 0.15) is 34.5 Å². The van der Waals surface area contributed by atoms with Crippen molar-refractivity contribution < 1.29 is 22.8 Å². The molecule has 0 spiro atoms. The van der Waals surface area contributed by atoms with Crippen LogP contribution in [0.2, 0.25) is 5.02 Å². The Bertz CT molecular complexity index is 877. The molecule has 0 saturated carbocycles. The normalized spacial score (nSPS) is 12.4. The quantitative estimate of drug-likeness (QED) is 0.655. The highest BCUT2D eigenvalue weighted by molar-refractivity contribution is 9.10. The number of halogens is 5. The number of aromatic nitrogens is 1. The fourth-order valence-corrected chi connectivity index (χ4v) is 3.17. The van der Waals surface area contributed by atoms with Gasteiger partial charge in [0.25, 0.3) is 5.91 Å². The largest absolute Gasteiger partial charge is 0.417 e. The highest BCUT2D eigenvalue weighted by Gasteiger charge is 2.33. The smallest absolute Gasteiger partial charge is 0.356 e. The summed E-state index contributed by atoms with van der Waals surface area (Å²) in [5, 5.41) is 4.87. The predicted molar refractivity (Wildman–Crippen MR) is 102 cm³/mol. The molecule has 1 heterocycles. The summed E-state index contributed by atoms with van der Waals surface area (Å²) in [6.45, 7) is 1.80. The molecule has 0 aliphatic heterocycles. The predicted octanol–water partition coefficient (Wildman–Crippen LogP) is 4.17. The maximum Gasteiger partial charge on any atom is 0.417 e. The van der Waals surface area contributed by atoms with Crippen LogP contribution < -0.4 is 10.6 Å². The maximum absolute atomic E-state index is 12.8. The summed E-state index contributed by atoms with van der Waals surface area (Å²) in [5.74, 6) is -2.02. The Labute approximate surface area is 172 Å². The summed E-state index contributed by atoms with van der Waals surface area (Å²) < 4.78 is 39.0. The van der Waals surface area contributed by atoms with Crippen LogP contribution in [-0.4, -0.2) is 29.9 Å². The number of rotatable bonds is 6. The number of carbonyl (C=O) groups excluding carboxylic acids is 2. The summed E-state index contributed by atoms with van der Waals surface area (Å²) in [6.07, 6.45) is -3.99. The third-order valence-corrected chi connectivity index (χ3v) is 4.77. The lowest BCUT2D eigenvalue weighted by molar-refractivity contribution is -0.137. The second kappa shape index (κ2) is 9.38. The third-order valence-electron chi connectivity index (χ3n) is 3.78. The number of hydrogen-bond donors (Lipinski definition) is 2. The van der Waals surface area contributed by atoms with E-state index in [1.54, 1.807) is 31.2 Å². The van der Waals surface area contributed by atoms with Gasteiger partial charge in [-0.15, -0.1) is 0 Å². The van der Waals surface area contributed by atoms with Gasteiger partial charge in [0.05, 0.1) is 27.8 Å². The van der Waals surface area contributed by atoms with Gasteiger partial charge in [0.2, 0.25) is 5.91 Å². The van der Waals surface area contributed by atoms with E-state index in [9.17, 15) is 22.8 Å². The lowest BCUT2D eigenvalue weighted by Gasteiger charge is -2.19. The van der Waals surface area contributed by atoms with Crippen LogP contribution in [0.3, 0.4) is 0 Å². The molecule has 28 heavy (non-hydrogen) atoms. The van der Waals surface area contributed by atoms with Crippen LogP contribution in [0.5, 0.6) is 0 Å². The molecule has 0 radical (unpaired) electrons. The van der Waals surface area contributed by atoms with Crippen molar-refractivity contribution >= 4 is 39.3 Å². The first kappa shape index (κ1) is 22.2. The van der Waals surface area contributed by atoms with Crippen molar-refractivity contribution in [1.82, 2.24) is 15.6 Å². The Hall–Kier alpha value is -2.13. The van der Waals surface area contributed by atoms with Crippen molar-refractivity contribution in [3.05, 3.63) is 62.8 Å². The number of alkyl halides is 3. The van der Waals surface area contributed by atoms with Crippen molar-refractivity contribution in [2.75, 3.05) is 13.1 Å². The second-order valence-electron chi connectivity index (χ2n) is 5.73. The Balaban J connectivity index is 2.27. The number of carbonyl (C=O) groups is 2. The topological polar surface area (TPSA) is 71.1 Å². The van der Waals surface area contributed by atoms with E-state index in [1.165, 1.54) is 0 Å². The minimum Gasteiger partial charge on any atom is -0.356 e. The van der Waals surface area contributed by atoms with Gasteiger partial charge in [-0.3, -0.25) is 14.6 Å². The Morgan fingerprint density at radius 1 is 1.25 bits per heavy atom. The molecule has 150 valence electrons. The monoisotopic (exact) mass is 477 g/mol. The van der Waals surface area contributed by atoms with Crippen LogP contribution in [0, 0.1) is 0 Å². The number of pyridine rings is 1. The molecular formula is C18H16BrClF3N3O2. The average molecular weight is 479 g/mol. The molecule has 2 aromatic rings. The molecule has 0 bridgehead atoms. The first-order valence-electron chi connectivity index (χ1n) is 8.18. The van der Waals surface area contributed by atoms with E-state index in [-0.39, 0.29) is 17.3 Å². The minimum atomic E-state index is -4.61. The van der Waals surface area contributed by atoms with E-state index >= 15 is 0 Å². The van der Waals surface area contributed by atoms with Gasteiger partial charge in [-0.05, 0) is 41.1 Å². The number of nitrogens with zero attached hydrogens (tertiary/aromatic N) is 1. The summed E-state index contributed by atoms with van der Waals surface area (Å²) >= 11 is 9.23. The molecule has 1 aromatic carbocycles. The first-order chi connectivity index (χ1) is 13.1. The van der Waals surface area contributed by atoms with E-state index in [0.29, 0.717) is 28.8 Å². The summed E-state index contributed by atoms with van der Waals surface area (Å²) in [5.41, 5.74) is -0.718. The molecule has 2 rings (SSSR count). The van der Waals surface area contributed by atoms with Crippen LogP contribution in [0.4, 0.5) is 13.2 Å². The summed E-state index contributed by atoms with van der Waals surface area (Å²) in [7, 11) is 0. The number of hydrogen-bond acceptors (Lipinski definition) is 3. The van der Waals surface area contributed by atoms with E-state index in [2.05, 4.69) is 31.5 Å². The summed E-state index contributed by atoms with van der Waals surface area (Å²) in [4.78, 5) is 28.5. The van der Waals surface area contributed by atoms with Gasteiger partial charge in [0, 0.05) is 23.8 Å². The maximum atomic E-state index is 12.8. The third kappa shape index (κ3) is 5.45. The first-order valence-corrected chi connectivity index (χ1v) is 9.35. The van der Waals surface area contributed by atoms with Gasteiger partial charge in [0.1, 0.15) is 0 Å². The van der Waals surface area contributed by atoms with Crippen molar-refractivity contribution in [3.8, 4) is 0 Å². The fraction of sp³-hybridized carbons (Fsp3) is 0.278. The average Bonchev–Trinajstić information content (AvgIpc) is 2.62. The highest BCUT2D eigenvalue weighted by Crippen LogP contribution is 2.33. The zero-order valence-corrected chi connectivity index (χ0v) is 17.0. The molecule has 2 amide bonds. The van der Waals surface area contributed by atoms with Crippen LogP contribution in [0.15, 0.2) is 41.0 Å². The minimum absolute atomic E-state index is 0.0481. The van der Waals surface area contributed by atoms with Crippen molar-refractivity contribution in [2.24, 2.45) is 0 Å². The lowest BCUT2D eigenvalue weighted by Crippen LogP contribution is -2.38. The molecule has 5 nitrogen and oxygen atoms in total. The molecule has 1 aromatic heterocycles. The molecule has 0 aliphatic carbocycles. The molecule has 0 saturated heterocycles. The Kier molecular flexibility index (Phi) is 7.42. The Morgan fingerprint density at radius 2 is 1.93 bits per heavy atom. The number of likely N-dealkylation sites (N-methyl/N-ethyl adjacent to an activating group) is 1. The number of nitrogens with one attached hydrogen (secondary N) is 2. The van der Waals surface area contributed by atoms with Gasteiger partial charge in [0.15, 0.2) is 0 Å². The highest BCUT2D eigenvalue weighted by atomic mass is 79.9. The van der Waals surface area contributed by atoms with Gasteiger partial charge >= 0.3 is 6.18 Å². The van der Waals surface area contributed by atoms with Crippen molar-refractivity contribution in [3.63, 3.8) is 0 Å². The molecule has 10 heteroatoms. The van der Waals surface area contributed by atoms with Gasteiger partial charge in [-0.1, -0.05) is 23.7 Å². The molecule has 0 aliphatic rings. The van der Waals surface area contributed by atoms with Crippen molar-refractivity contribution in [1.29, 1.82) is 0 Å². The second-order valence-corrected chi connectivity index (χ2v) is 6.99. The number of benzene rings is 1. The molecule has 1 atom stereocenters. The number of amides is 2. The zero-order valence-electron chi connectivity index (χ0n) is 14.6. The van der Waals surface area contributed by atoms with Crippen LogP contribution in [-0.2, 0) is 11.0 Å². The zero-order chi connectivity index (χ0) is 20.9. The van der Waals surface area contributed by atoms with E-state index in [4.69, 9.17) is 11.6 Å². The lowest BCUT2D eigenvalue weighted by atomic mass is 10.0. The van der Waals surface area contributed by atoms with E-state index in [0.717, 1.165) is 0 Å². The van der Waals surface area contributed by atoms with E-state index < -0.39 is 29.5 Å². The molecular weight excluding hydrogens is 463 g/mol. The fourth-order valence-electron chi connectivity index (χ4n) is 2.41. The standard InChI is InChI=1S/C18H16BrClF3N3O2/c1-2-24-17(28)12(9-26-16(27)11-5-3-4-6-13(11)19)15-14(20)7-10(8-25-15)18(21,22)23/h3-8,12H,2,9H2,1H3,(H,24,28)(H,26,27). The van der Waals surface area contributed by atoms with Crippen molar-refractivity contribution in [2.45, 2.75) is 19.0 Å². The Morgan fingerprint density at radius 3 is 2.50 bits per heavy atom. The van der Waals surface area contributed by atoms with Crippen LogP contribution >= 0.6 is 27.5 Å². The SMILES string of the molecule is CCNC(=O)C(CNC(=O)c1ccccc1Br)c1ncc(C(F)(F)F)cc1Cl. The van der Waals surface area contributed by atoms with Gasteiger partial charge in [-0.25, -0.2) is 0 Å². The van der Waals surface area contributed by atoms with Gasteiger partial charge < -0.3 is 10.6 Å². The van der Waals surface area contributed by atoms with Crippen LogP contribution in [0.25, 0.3) is 0 Å².